The summed E-state index contributed by atoms with van der Waals surface area (Å²) < 4.78 is 4.86. The molecule has 0 radical (unpaired) electrons. The Morgan fingerprint density at radius 3 is 1.92 bits per heavy atom. The molecule has 186 valence electrons. The Kier molecular flexibility index (Phi) is 4.90. The monoisotopic (exact) mass is 500 g/mol. The number of rotatable bonds is 3. The van der Waals surface area contributed by atoms with E-state index in [2.05, 4.69) is 143 Å². The zero-order chi connectivity index (χ0) is 25.9. The number of aryl methyl sites for hydroxylation is 2. The van der Waals surface area contributed by atoms with Crippen molar-refractivity contribution in [3.05, 3.63) is 138 Å². The van der Waals surface area contributed by atoms with Gasteiger partial charge in [0.15, 0.2) is 0 Å². The SMILES string of the molecule is Cc1ccc(-c2ccc(-n3c4ccccc4c4ccc(-n5c6c(c7ccccc75)CCC=C6)cc43)cc2)cc1. The van der Waals surface area contributed by atoms with Gasteiger partial charge < -0.3 is 9.13 Å². The van der Waals surface area contributed by atoms with Gasteiger partial charge in [-0.2, -0.15) is 0 Å². The van der Waals surface area contributed by atoms with Crippen molar-refractivity contribution >= 4 is 38.8 Å². The Balaban J connectivity index is 1.35. The molecule has 0 saturated carbocycles. The predicted molar refractivity (Wildman–Crippen MR) is 165 cm³/mol. The van der Waals surface area contributed by atoms with Crippen molar-refractivity contribution in [2.24, 2.45) is 0 Å². The first-order valence-corrected chi connectivity index (χ1v) is 13.8. The number of nitrogens with zero attached hydrogens (tertiary/aromatic N) is 2. The van der Waals surface area contributed by atoms with Crippen molar-refractivity contribution in [1.82, 2.24) is 9.13 Å². The first kappa shape index (κ1) is 22.2. The van der Waals surface area contributed by atoms with Gasteiger partial charge in [-0.15, -0.1) is 0 Å². The maximum Gasteiger partial charge on any atom is 0.0561 e. The molecule has 2 nitrogen and oxygen atoms in total. The van der Waals surface area contributed by atoms with E-state index in [0.29, 0.717) is 0 Å². The molecular weight excluding hydrogens is 472 g/mol. The van der Waals surface area contributed by atoms with Gasteiger partial charge in [0, 0.05) is 33.2 Å². The lowest BCUT2D eigenvalue weighted by Crippen LogP contribution is -2.01. The van der Waals surface area contributed by atoms with Crippen LogP contribution in [0.2, 0.25) is 0 Å². The van der Waals surface area contributed by atoms with Crippen LogP contribution in [0.3, 0.4) is 0 Å². The Bertz CT molecular complexity index is 2050. The van der Waals surface area contributed by atoms with E-state index in [9.17, 15) is 0 Å². The molecule has 2 aromatic heterocycles. The van der Waals surface area contributed by atoms with E-state index in [4.69, 9.17) is 0 Å². The minimum atomic E-state index is 1.09. The van der Waals surface area contributed by atoms with Gasteiger partial charge in [0.2, 0.25) is 0 Å². The highest BCUT2D eigenvalue weighted by atomic mass is 15.0. The van der Waals surface area contributed by atoms with Crippen LogP contribution < -0.4 is 0 Å². The zero-order valence-corrected chi connectivity index (χ0v) is 21.9. The summed E-state index contributed by atoms with van der Waals surface area (Å²) in [6, 6.07) is 42.3. The molecule has 0 saturated heterocycles. The Labute approximate surface area is 228 Å². The molecule has 5 aromatic carbocycles. The summed E-state index contributed by atoms with van der Waals surface area (Å²) in [4.78, 5) is 0. The Hall–Kier alpha value is -4.82. The smallest absolute Gasteiger partial charge is 0.0561 e. The molecule has 0 N–H and O–H groups in total. The second kappa shape index (κ2) is 8.61. The normalized spacial score (nSPS) is 12.9. The van der Waals surface area contributed by atoms with Gasteiger partial charge in [-0.05, 0) is 78.9 Å². The van der Waals surface area contributed by atoms with Crippen LogP contribution in [0.15, 0.2) is 121 Å². The average molecular weight is 501 g/mol. The number of allylic oxidation sites excluding steroid dienone is 1. The van der Waals surface area contributed by atoms with Crippen molar-refractivity contribution in [2.45, 2.75) is 19.8 Å². The summed E-state index contributed by atoms with van der Waals surface area (Å²) in [5.41, 5.74) is 12.6. The van der Waals surface area contributed by atoms with Crippen LogP contribution in [0, 0.1) is 6.92 Å². The lowest BCUT2D eigenvalue weighted by Gasteiger charge is -2.14. The second-order valence-corrected chi connectivity index (χ2v) is 10.6. The predicted octanol–water partition coefficient (Wildman–Crippen LogP) is 9.66. The van der Waals surface area contributed by atoms with E-state index in [1.165, 1.54) is 72.0 Å². The number of para-hydroxylation sites is 2. The molecule has 39 heavy (non-hydrogen) atoms. The molecule has 0 amide bonds. The van der Waals surface area contributed by atoms with Crippen LogP contribution in [0.25, 0.3) is 61.3 Å². The van der Waals surface area contributed by atoms with Crippen LogP contribution in [0.5, 0.6) is 0 Å². The number of hydrogen-bond donors (Lipinski definition) is 0. The topological polar surface area (TPSA) is 9.86 Å². The molecule has 1 aliphatic carbocycles. The molecule has 0 bridgehead atoms. The van der Waals surface area contributed by atoms with Gasteiger partial charge in [0.05, 0.1) is 16.6 Å². The Morgan fingerprint density at radius 2 is 1.15 bits per heavy atom. The Morgan fingerprint density at radius 1 is 0.538 bits per heavy atom. The molecule has 8 rings (SSSR count). The molecule has 0 fully saturated rings. The first-order chi connectivity index (χ1) is 19.3. The zero-order valence-electron chi connectivity index (χ0n) is 21.9. The van der Waals surface area contributed by atoms with E-state index in [-0.39, 0.29) is 0 Å². The molecule has 2 heterocycles. The molecule has 0 unspecified atom stereocenters. The maximum atomic E-state index is 2.45. The highest BCUT2D eigenvalue weighted by Gasteiger charge is 2.19. The first-order valence-electron chi connectivity index (χ1n) is 13.8. The van der Waals surface area contributed by atoms with E-state index in [1.807, 2.05) is 0 Å². The molecule has 0 atom stereocenters. The van der Waals surface area contributed by atoms with E-state index < -0.39 is 0 Å². The van der Waals surface area contributed by atoms with Gasteiger partial charge >= 0.3 is 0 Å². The van der Waals surface area contributed by atoms with Crippen molar-refractivity contribution in [2.75, 3.05) is 0 Å². The largest absolute Gasteiger partial charge is 0.310 e. The number of fused-ring (bicyclic) bond motifs is 6. The lowest BCUT2D eigenvalue weighted by atomic mass is 10.0. The molecule has 0 spiro atoms. The highest BCUT2D eigenvalue weighted by molar-refractivity contribution is 6.10. The summed E-state index contributed by atoms with van der Waals surface area (Å²) in [6.07, 6.45) is 6.81. The van der Waals surface area contributed by atoms with Crippen LogP contribution in [-0.2, 0) is 6.42 Å². The van der Waals surface area contributed by atoms with Crippen molar-refractivity contribution < 1.29 is 0 Å². The maximum absolute atomic E-state index is 2.45. The van der Waals surface area contributed by atoms with Gasteiger partial charge in [-0.25, -0.2) is 0 Å². The third-order valence-electron chi connectivity index (χ3n) is 8.28. The minimum absolute atomic E-state index is 1.09. The fourth-order valence-corrected chi connectivity index (χ4v) is 6.39. The third kappa shape index (κ3) is 3.42. The standard InChI is InChI=1S/C37H28N2/c1-25-14-16-26(17-15-25)27-18-20-28(21-19-27)38-34-11-5-4-10-32(34)33-23-22-29(24-37(33)38)39-35-12-6-2-8-30(35)31-9-3-7-13-36(31)39/h2,4-8,10-24H,3,9H2,1H3. The number of benzene rings is 5. The second-order valence-electron chi connectivity index (χ2n) is 10.6. The summed E-state index contributed by atoms with van der Waals surface area (Å²) in [5, 5.41) is 3.92. The van der Waals surface area contributed by atoms with Crippen LogP contribution in [-0.4, -0.2) is 9.13 Å². The summed E-state index contributed by atoms with van der Waals surface area (Å²) in [6.45, 7) is 2.13. The summed E-state index contributed by atoms with van der Waals surface area (Å²) in [7, 11) is 0. The minimum Gasteiger partial charge on any atom is -0.310 e. The van der Waals surface area contributed by atoms with Crippen molar-refractivity contribution in [3.8, 4) is 22.5 Å². The van der Waals surface area contributed by atoms with Crippen LogP contribution >= 0.6 is 0 Å². The lowest BCUT2D eigenvalue weighted by molar-refractivity contribution is 0.968. The van der Waals surface area contributed by atoms with Gasteiger partial charge in [-0.3, -0.25) is 0 Å². The molecule has 2 heteroatoms. The van der Waals surface area contributed by atoms with E-state index >= 15 is 0 Å². The van der Waals surface area contributed by atoms with Gasteiger partial charge in [0.1, 0.15) is 0 Å². The molecule has 1 aliphatic rings. The number of hydrogen-bond acceptors (Lipinski definition) is 0. The molecule has 0 aliphatic heterocycles. The third-order valence-corrected chi connectivity index (χ3v) is 8.28. The summed E-state index contributed by atoms with van der Waals surface area (Å²) >= 11 is 0. The van der Waals surface area contributed by atoms with Crippen LogP contribution in [0.1, 0.15) is 23.2 Å². The summed E-state index contributed by atoms with van der Waals surface area (Å²) in [5.74, 6) is 0. The van der Waals surface area contributed by atoms with E-state index in [1.54, 1.807) is 0 Å². The fourth-order valence-electron chi connectivity index (χ4n) is 6.39. The highest BCUT2D eigenvalue weighted by Crippen LogP contribution is 2.37. The van der Waals surface area contributed by atoms with Crippen molar-refractivity contribution in [1.29, 1.82) is 0 Å². The van der Waals surface area contributed by atoms with Gasteiger partial charge in [0.25, 0.3) is 0 Å². The quantitative estimate of drug-likeness (QED) is 0.229. The molecular formula is C37H28N2. The van der Waals surface area contributed by atoms with Gasteiger partial charge in [-0.1, -0.05) is 90.5 Å². The number of aromatic nitrogens is 2. The average Bonchev–Trinajstić information content (AvgIpc) is 3.50. The molecule has 7 aromatic rings. The van der Waals surface area contributed by atoms with Crippen molar-refractivity contribution in [3.63, 3.8) is 0 Å². The van der Waals surface area contributed by atoms with Crippen LogP contribution in [0.4, 0.5) is 0 Å². The fraction of sp³-hybridized carbons (Fsp3) is 0.0811. The van der Waals surface area contributed by atoms with E-state index in [0.717, 1.165) is 12.8 Å².